The molecule has 1 aliphatic heterocycles. The minimum Gasteiger partial charge on any atom is -0.345 e. The Morgan fingerprint density at radius 3 is 2.56 bits per heavy atom. The molecule has 0 radical (unpaired) electrons. The summed E-state index contributed by atoms with van der Waals surface area (Å²) in [5.41, 5.74) is 3.06. The van der Waals surface area contributed by atoms with Crippen LogP contribution in [0.25, 0.3) is 0 Å². The van der Waals surface area contributed by atoms with Gasteiger partial charge in [0.25, 0.3) is 5.91 Å². The summed E-state index contributed by atoms with van der Waals surface area (Å²) in [7, 11) is 0. The molecule has 0 unspecified atom stereocenters. The Morgan fingerprint density at radius 2 is 1.78 bits per heavy atom. The normalized spacial score (nSPS) is 18.1. The van der Waals surface area contributed by atoms with E-state index >= 15 is 0 Å². The van der Waals surface area contributed by atoms with Crippen LogP contribution >= 0.6 is 15.9 Å². The molecule has 1 aliphatic rings. The van der Waals surface area contributed by atoms with Gasteiger partial charge < -0.3 is 5.32 Å². The van der Waals surface area contributed by atoms with Crippen molar-refractivity contribution in [3.8, 4) is 0 Å². The first-order valence-electron chi connectivity index (χ1n) is 5.88. The third-order valence-corrected chi connectivity index (χ3v) is 3.79. The molecule has 2 aromatic rings. The molecule has 0 saturated heterocycles. The Kier molecular flexibility index (Phi) is 2.92. The average molecular weight is 302 g/mol. The molecule has 18 heavy (non-hydrogen) atoms. The standard InChI is InChI=1S/C15H12BrNO/c16-12-7-5-10(6-8-12)14-9-11-3-1-2-4-13(11)15(18)17-14/h1-8,14H,9H2,(H,17,18)/t14-/m1/s1. The van der Waals surface area contributed by atoms with Gasteiger partial charge in [-0.15, -0.1) is 0 Å². The number of carbonyl (C=O) groups excluding carboxylic acids is 1. The molecule has 2 aromatic carbocycles. The molecule has 1 heterocycles. The van der Waals surface area contributed by atoms with Gasteiger partial charge in [-0.1, -0.05) is 46.3 Å². The van der Waals surface area contributed by atoms with Crippen LogP contribution in [0.15, 0.2) is 53.0 Å². The highest BCUT2D eigenvalue weighted by Crippen LogP contribution is 2.26. The number of carbonyl (C=O) groups is 1. The first kappa shape index (κ1) is 11.5. The molecule has 90 valence electrons. The number of amides is 1. The summed E-state index contributed by atoms with van der Waals surface area (Å²) in [4.78, 5) is 12.0. The Labute approximate surface area is 114 Å². The minimum atomic E-state index is 0.0183. The molecule has 3 heteroatoms. The van der Waals surface area contributed by atoms with Crippen LogP contribution in [0.2, 0.25) is 0 Å². The van der Waals surface area contributed by atoms with Crippen molar-refractivity contribution < 1.29 is 4.79 Å². The molecule has 1 atom stereocenters. The van der Waals surface area contributed by atoms with Crippen molar-refractivity contribution >= 4 is 21.8 Å². The van der Waals surface area contributed by atoms with E-state index in [4.69, 9.17) is 0 Å². The van der Waals surface area contributed by atoms with Crippen LogP contribution < -0.4 is 5.32 Å². The van der Waals surface area contributed by atoms with Gasteiger partial charge >= 0.3 is 0 Å². The number of hydrogen-bond donors (Lipinski definition) is 1. The van der Waals surface area contributed by atoms with Gasteiger partial charge in [0.1, 0.15) is 0 Å². The first-order chi connectivity index (χ1) is 8.74. The molecule has 0 fully saturated rings. The fraction of sp³-hybridized carbons (Fsp3) is 0.133. The van der Waals surface area contributed by atoms with Gasteiger partial charge in [0, 0.05) is 10.0 Å². The van der Waals surface area contributed by atoms with E-state index in [0.29, 0.717) is 0 Å². The van der Waals surface area contributed by atoms with Gasteiger partial charge in [0.15, 0.2) is 0 Å². The van der Waals surface area contributed by atoms with E-state index in [1.54, 1.807) is 0 Å². The van der Waals surface area contributed by atoms with Crippen molar-refractivity contribution in [1.29, 1.82) is 0 Å². The zero-order valence-electron chi connectivity index (χ0n) is 9.69. The Bertz CT molecular complexity index is 592. The van der Waals surface area contributed by atoms with Crippen LogP contribution in [0.3, 0.4) is 0 Å². The third-order valence-electron chi connectivity index (χ3n) is 3.26. The lowest BCUT2D eigenvalue weighted by Crippen LogP contribution is -2.35. The molecular weight excluding hydrogens is 290 g/mol. The Balaban J connectivity index is 1.94. The van der Waals surface area contributed by atoms with Crippen molar-refractivity contribution in [2.24, 2.45) is 0 Å². The highest BCUT2D eigenvalue weighted by Gasteiger charge is 2.24. The van der Waals surface area contributed by atoms with Crippen molar-refractivity contribution in [2.45, 2.75) is 12.5 Å². The van der Waals surface area contributed by atoms with E-state index in [9.17, 15) is 4.79 Å². The van der Waals surface area contributed by atoms with Crippen molar-refractivity contribution in [3.05, 3.63) is 69.7 Å². The topological polar surface area (TPSA) is 29.1 Å². The molecule has 1 amide bonds. The van der Waals surface area contributed by atoms with Crippen molar-refractivity contribution in [2.75, 3.05) is 0 Å². The fourth-order valence-electron chi connectivity index (χ4n) is 2.32. The molecular formula is C15H12BrNO. The third kappa shape index (κ3) is 2.06. The molecule has 2 nitrogen and oxygen atoms in total. The number of halogens is 1. The molecule has 0 spiro atoms. The molecule has 0 bridgehead atoms. The van der Waals surface area contributed by atoms with Crippen LogP contribution in [0.4, 0.5) is 0 Å². The second kappa shape index (κ2) is 4.58. The summed E-state index contributed by atoms with van der Waals surface area (Å²) in [5.74, 6) is 0.0183. The number of fused-ring (bicyclic) bond motifs is 1. The van der Waals surface area contributed by atoms with Gasteiger partial charge in [0.05, 0.1) is 6.04 Å². The second-order valence-corrected chi connectivity index (χ2v) is 5.35. The lowest BCUT2D eigenvalue weighted by atomic mass is 9.91. The van der Waals surface area contributed by atoms with Crippen LogP contribution in [0, 0.1) is 0 Å². The predicted octanol–water partition coefficient (Wildman–Crippen LogP) is 3.48. The largest absolute Gasteiger partial charge is 0.345 e. The summed E-state index contributed by atoms with van der Waals surface area (Å²) >= 11 is 3.42. The zero-order valence-corrected chi connectivity index (χ0v) is 11.3. The van der Waals surface area contributed by atoms with E-state index in [0.717, 1.165) is 27.6 Å². The van der Waals surface area contributed by atoms with Gasteiger partial charge in [0.2, 0.25) is 0 Å². The molecule has 1 N–H and O–H groups in total. The predicted molar refractivity (Wildman–Crippen MR) is 74.5 cm³/mol. The van der Waals surface area contributed by atoms with Crippen LogP contribution in [0.1, 0.15) is 27.5 Å². The summed E-state index contributed by atoms with van der Waals surface area (Å²) in [6, 6.07) is 16.0. The van der Waals surface area contributed by atoms with E-state index in [1.807, 2.05) is 48.5 Å². The van der Waals surface area contributed by atoms with E-state index in [1.165, 1.54) is 0 Å². The van der Waals surface area contributed by atoms with Crippen molar-refractivity contribution in [1.82, 2.24) is 5.32 Å². The summed E-state index contributed by atoms with van der Waals surface area (Å²) in [6.45, 7) is 0. The van der Waals surface area contributed by atoms with Gasteiger partial charge in [-0.3, -0.25) is 4.79 Å². The van der Waals surface area contributed by atoms with Crippen LogP contribution in [-0.2, 0) is 6.42 Å². The van der Waals surface area contributed by atoms with Gasteiger partial charge in [-0.2, -0.15) is 0 Å². The first-order valence-corrected chi connectivity index (χ1v) is 6.67. The molecule has 0 saturated carbocycles. The van der Waals surface area contributed by atoms with Gasteiger partial charge in [-0.25, -0.2) is 0 Å². The molecule has 0 aromatic heterocycles. The maximum Gasteiger partial charge on any atom is 0.252 e. The maximum atomic E-state index is 12.0. The number of benzene rings is 2. The molecule has 3 rings (SSSR count). The number of rotatable bonds is 1. The summed E-state index contributed by atoms with van der Waals surface area (Å²) < 4.78 is 1.05. The van der Waals surface area contributed by atoms with Gasteiger partial charge in [-0.05, 0) is 35.7 Å². The highest BCUT2D eigenvalue weighted by molar-refractivity contribution is 9.10. The quantitative estimate of drug-likeness (QED) is 0.858. The highest BCUT2D eigenvalue weighted by atomic mass is 79.9. The van der Waals surface area contributed by atoms with E-state index in [2.05, 4.69) is 21.2 Å². The minimum absolute atomic E-state index is 0.0183. The van der Waals surface area contributed by atoms with E-state index < -0.39 is 0 Å². The fourth-order valence-corrected chi connectivity index (χ4v) is 2.59. The zero-order chi connectivity index (χ0) is 12.5. The van der Waals surface area contributed by atoms with Crippen molar-refractivity contribution in [3.63, 3.8) is 0 Å². The Hall–Kier alpha value is -1.61. The number of nitrogens with one attached hydrogen (secondary N) is 1. The SMILES string of the molecule is O=C1N[C@@H](c2ccc(Br)cc2)Cc2ccccc21. The summed E-state index contributed by atoms with van der Waals surface area (Å²) in [6.07, 6.45) is 0.851. The second-order valence-electron chi connectivity index (χ2n) is 4.44. The Morgan fingerprint density at radius 1 is 1.06 bits per heavy atom. The van der Waals surface area contributed by atoms with Crippen LogP contribution in [-0.4, -0.2) is 5.91 Å². The average Bonchev–Trinajstić information content (AvgIpc) is 2.39. The lowest BCUT2D eigenvalue weighted by molar-refractivity contribution is 0.0925. The summed E-state index contributed by atoms with van der Waals surface area (Å²) in [5, 5.41) is 3.05. The van der Waals surface area contributed by atoms with Crippen LogP contribution in [0.5, 0.6) is 0 Å². The number of hydrogen-bond acceptors (Lipinski definition) is 1. The van der Waals surface area contributed by atoms with E-state index in [-0.39, 0.29) is 11.9 Å². The monoisotopic (exact) mass is 301 g/mol. The smallest absolute Gasteiger partial charge is 0.252 e. The molecule has 0 aliphatic carbocycles. The lowest BCUT2D eigenvalue weighted by Gasteiger charge is -2.26. The maximum absolute atomic E-state index is 12.0.